The standard InChI is InChI=1S/C19H22FNO2Se/c1-12(2)16-10-23-19(21-16)15-4-3-5-18(15)24-11-17(22)13-6-8-14(20)9-7-13/h3-9,12,16-18,22H,10-11H2,1-2H3/t16-,17?,18?/m1/s1. The van der Waals surface area contributed by atoms with Crippen molar-refractivity contribution in [2.75, 3.05) is 6.61 Å². The van der Waals surface area contributed by atoms with Crippen molar-refractivity contribution < 1.29 is 14.2 Å². The van der Waals surface area contributed by atoms with Crippen LogP contribution >= 0.6 is 0 Å². The molecular formula is C19H22FNO2Se. The number of halogens is 1. The minimum absolute atomic E-state index is 0.175. The van der Waals surface area contributed by atoms with Gasteiger partial charge in [0.1, 0.15) is 0 Å². The summed E-state index contributed by atoms with van der Waals surface area (Å²) in [5.74, 6) is 0.958. The summed E-state index contributed by atoms with van der Waals surface area (Å²) in [5.41, 5.74) is 1.89. The molecule has 0 aromatic heterocycles. The average molecular weight is 394 g/mol. The molecule has 0 bridgehead atoms. The molecule has 0 amide bonds. The van der Waals surface area contributed by atoms with Gasteiger partial charge in [-0.05, 0) is 0 Å². The van der Waals surface area contributed by atoms with E-state index in [0.29, 0.717) is 17.8 Å². The molecule has 1 aliphatic heterocycles. The van der Waals surface area contributed by atoms with Gasteiger partial charge in [0.15, 0.2) is 0 Å². The molecule has 24 heavy (non-hydrogen) atoms. The number of allylic oxidation sites excluding steroid dienone is 3. The van der Waals surface area contributed by atoms with Crippen LogP contribution in [0, 0.1) is 11.7 Å². The Balaban J connectivity index is 1.59. The van der Waals surface area contributed by atoms with E-state index in [4.69, 9.17) is 9.73 Å². The molecule has 2 aliphatic rings. The second kappa shape index (κ2) is 7.64. The van der Waals surface area contributed by atoms with Crippen molar-refractivity contribution in [3.05, 3.63) is 59.4 Å². The molecule has 0 radical (unpaired) electrons. The fourth-order valence-electron chi connectivity index (χ4n) is 2.66. The van der Waals surface area contributed by atoms with E-state index in [1.54, 1.807) is 12.1 Å². The van der Waals surface area contributed by atoms with Crippen molar-refractivity contribution in [1.82, 2.24) is 0 Å². The molecule has 2 unspecified atom stereocenters. The Morgan fingerprint density at radius 3 is 2.75 bits per heavy atom. The topological polar surface area (TPSA) is 41.8 Å². The van der Waals surface area contributed by atoms with Gasteiger partial charge in [-0.2, -0.15) is 0 Å². The van der Waals surface area contributed by atoms with Crippen molar-refractivity contribution in [1.29, 1.82) is 0 Å². The Hall–Kier alpha value is -1.42. The van der Waals surface area contributed by atoms with Gasteiger partial charge in [0.25, 0.3) is 0 Å². The molecule has 0 fully saturated rings. The van der Waals surface area contributed by atoms with Crippen LogP contribution in [0.1, 0.15) is 25.5 Å². The number of ether oxygens (including phenoxy) is 1. The first kappa shape index (κ1) is 17.4. The first-order valence-corrected chi connectivity index (χ1v) is 10.4. The summed E-state index contributed by atoms with van der Waals surface area (Å²) in [6, 6.07) is 6.31. The van der Waals surface area contributed by atoms with E-state index < -0.39 is 6.10 Å². The van der Waals surface area contributed by atoms with Gasteiger partial charge in [-0.1, -0.05) is 0 Å². The van der Waals surface area contributed by atoms with E-state index in [9.17, 15) is 9.50 Å². The summed E-state index contributed by atoms with van der Waals surface area (Å²) in [6.45, 7) is 4.96. The van der Waals surface area contributed by atoms with E-state index in [0.717, 1.165) is 17.0 Å². The zero-order valence-corrected chi connectivity index (χ0v) is 15.6. The van der Waals surface area contributed by atoms with Crippen LogP contribution < -0.4 is 0 Å². The predicted molar refractivity (Wildman–Crippen MR) is 94.9 cm³/mol. The Kier molecular flexibility index (Phi) is 5.54. The van der Waals surface area contributed by atoms with Crippen LogP contribution in [0.4, 0.5) is 4.39 Å². The Bertz CT molecular complexity index is 666. The van der Waals surface area contributed by atoms with E-state index in [-0.39, 0.29) is 31.6 Å². The van der Waals surface area contributed by atoms with Gasteiger partial charge in [-0.25, -0.2) is 0 Å². The molecule has 1 aromatic rings. The molecular weight excluding hydrogens is 372 g/mol. The first-order chi connectivity index (χ1) is 11.5. The summed E-state index contributed by atoms with van der Waals surface area (Å²) < 4.78 is 18.8. The normalized spacial score (nSPS) is 24.0. The van der Waals surface area contributed by atoms with Gasteiger partial charge < -0.3 is 0 Å². The molecule has 0 saturated heterocycles. The third-order valence-electron chi connectivity index (χ3n) is 4.25. The third kappa shape index (κ3) is 3.97. The van der Waals surface area contributed by atoms with Gasteiger partial charge in [-0.15, -0.1) is 0 Å². The number of hydrogen-bond donors (Lipinski definition) is 1. The second-order valence-corrected chi connectivity index (χ2v) is 8.85. The number of hydrogen-bond acceptors (Lipinski definition) is 3. The zero-order chi connectivity index (χ0) is 17.1. The van der Waals surface area contributed by atoms with E-state index >= 15 is 0 Å². The van der Waals surface area contributed by atoms with E-state index in [1.165, 1.54) is 12.1 Å². The number of benzene rings is 1. The van der Waals surface area contributed by atoms with Crippen LogP contribution in [0.25, 0.3) is 0 Å². The second-order valence-electron chi connectivity index (χ2n) is 6.38. The Morgan fingerprint density at radius 2 is 2.08 bits per heavy atom. The first-order valence-electron chi connectivity index (χ1n) is 8.19. The predicted octanol–water partition coefficient (Wildman–Crippen LogP) is 3.72. The number of aliphatic hydroxyl groups is 1. The molecule has 1 aromatic carbocycles. The molecule has 3 rings (SSSR count). The van der Waals surface area contributed by atoms with Crippen molar-refractivity contribution in [2.45, 2.75) is 36.1 Å². The summed E-state index contributed by atoms with van der Waals surface area (Å²) in [4.78, 5) is 4.98. The number of nitrogens with zero attached hydrogens (tertiary/aromatic N) is 1. The van der Waals surface area contributed by atoms with Crippen molar-refractivity contribution in [3.8, 4) is 0 Å². The molecule has 3 atom stereocenters. The summed E-state index contributed by atoms with van der Waals surface area (Å²) in [6.07, 6.45) is 5.70. The molecule has 5 heteroatoms. The van der Waals surface area contributed by atoms with Gasteiger partial charge in [0.05, 0.1) is 0 Å². The van der Waals surface area contributed by atoms with Crippen molar-refractivity contribution in [2.24, 2.45) is 10.9 Å². The molecule has 1 heterocycles. The fourth-order valence-corrected chi connectivity index (χ4v) is 5.06. The molecule has 0 spiro atoms. The zero-order valence-electron chi connectivity index (χ0n) is 13.9. The quantitative estimate of drug-likeness (QED) is 0.748. The maximum atomic E-state index is 13.0. The summed E-state index contributed by atoms with van der Waals surface area (Å²) in [7, 11) is 0. The number of rotatable bonds is 6. The monoisotopic (exact) mass is 395 g/mol. The van der Waals surface area contributed by atoms with Crippen LogP contribution in [-0.4, -0.2) is 38.6 Å². The Morgan fingerprint density at radius 1 is 1.33 bits per heavy atom. The number of aliphatic imine (C=N–C) groups is 1. The van der Waals surface area contributed by atoms with Gasteiger partial charge in [0.2, 0.25) is 0 Å². The minimum atomic E-state index is -0.560. The van der Waals surface area contributed by atoms with Crippen LogP contribution in [0.2, 0.25) is 10.1 Å². The van der Waals surface area contributed by atoms with E-state index in [1.807, 2.05) is 6.08 Å². The molecule has 3 nitrogen and oxygen atoms in total. The molecule has 1 N–H and O–H groups in total. The fraction of sp³-hybridized carbons (Fsp3) is 0.421. The van der Waals surface area contributed by atoms with Crippen LogP contribution in [-0.2, 0) is 4.74 Å². The van der Waals surface area contributed by atoms with Gasteiger partial charge in [0, 0.05) is 0 Å². The summed E-state index contributed by atoms with van der Waals surface area (Å²) >= 11 is 0.175. The third-order valence-corrected chi connectivity index (χ3v) is 6.93. The van der Waals surface area contributed by atoms with Crippen LogP contribution in [0.15, 0.2) is 53.1 Å². The maximum absolute atomic E-state index is 13.0. The SMILES string of the molecule is CC(C)[C@H]1COC(C2=CC=CC2[Se]CC(O)c2ccc(F)cc2)=N1. The molecule has 128 valence electrons. The molecule has 0 saturated carbocycles. The van der Waals surface area contributed by atoms with Crippen molar-refractivity contribution in [3.63, 3.8) is 0 Å². The Labute approximate surface area is 148 Å². The van der Waals surface area contributed by atoms with Crippen molar-refractivity contribution >= 4 is 20.9 Å². The average Bonchev–Trinajstić information content (AvgIpc) is 3.22. The summed E-state index contributed by atoms with van der Waals surface area (Å²) in [5, 5.41) is 11.0. The van der Waals surface area contributed by atoms with E-state index in [2.05, 4.69) is 26.0 Å². The van der Waals surface area contributed by atoms with Crippen LogP contribution in [0.3, 0.4) is 0 Å². The molecule has 1 aliphatic carbocycles. The van der Waals surface area contributed by atoms with Crippen LogP contribution in [0.5, 0.6) is 0 Å². The van der Waals surface area contributed by atoms with Gasteiger partial charge in [-0.3, -0.25) is 0 Å². The number of aliphatic hydroxyl groups excluding tert-OH is 1. The van der Waals surface area contributed by atoms with Gasteiger partial charge >= 0.3 is 148 Å².